The second-order valence-corrected chi connectivity index (χ2v) is 6.86. The van der Waals surface area contributed by atoms with Gasteiger partial charge in [-0.3, -0.25) is 4.79 Å². The first kappa shape index (κ1) is 20.8. The summed E-state index contributed by atoms with van der Waals surface area (Å²) in [6.45, 7) is 0. The minimum Gasteiger partial charge on any atom is -0.423 e. The van der Waals surface area contributed by atoms with Crippen LogP contribution < -0.4 is 9.47 Å². The smallest absolute Gasteiger partial charge is 0.344 e. The van der Waals surface area contributed by atoms with Crippen LogP contribution in [0.5, 0.6) is 11.5 Å². The summed E-state index contributed by atoms with van der Waals surface area (Å²) in [6.07, 6.45) is 0. The van der Waals surface area contributed by atoms with Gasteiger partial charge in [0, 0.05) is 11.1 Å². The zero-order chi connectivity index (χ0) is 22.3. The number of hydrogen-bond acceptors (Lipinski definition) is 5. The van der Waals surface area contributed by atoms with E-state index in [-0.39, 0.29) is 16.7 Å². The zero-order valence-electron chi connectivity index (χ0n) is 16.9. The van der Waals surface area contributed by atoms with Crippen LogP contribution in [0.2, 0.25) is 0 Å². The highest BCUT2D eigenvalue weighted by Crippen LogP contribution is 2.21. The van der Waals surface area contributed by atoms with E-state index in [2.05, 4.69) is 0 Å². The van der Waals surface area contributed by atoms with Gasteiger partial charge < -0.3 is 9.47 Å². The largest absolute Gasteiger partial charge is 0.423 e. The lowest BCUT2D eigenvalue weighted by atomic mass is 9.96. The average molecular weight is 422 g/mol. The van der Waals surface area contributed by atoms with Crippen molar-refractivity contribution in [1.82, 2.24) is 0 Å². The third-order valence-electron chi connectivity index (χ3n) is 4.66. The van der Waals surface area contributed by atoms with Gasteiger partial charge in [-0.1, -0.05) is 66.7 Å². The van der Waals surface area contributed by atoms with Crippen LogP contribution >= 0.6 is 0 Å². The summed E-state index contributed by atoms with van der Waals surface area (Å²) in [5.41, 5.74) is 0.637. The zero-order valence-corrected chi connectivity index (χ0v) is 16.9. The van der Waals surface area contributed by atoms with Crippen molar-refractivity contribution < 1.29 is 23.9 Å². The number of para-hydroxylation sites is 2. The predicted octanol–water partition coefficient (Wildman–Crippen LogP) is 5.36. The molecule has 0 amide bonds. The molecule has 0 atom stereocenters. The molecule has 0 unspecified atom stereocenters. The second-order valence-electron chi connectivity index (χ2n) is 6.86. The highest BCUT2D eigenvalue weighted by atomic mass is 16.5. The standard InChI is InChI=1S/C27H18O5/c28-25(19-10-4-1-5-11-19)24-18-20(26(29)31-21-12-6-2-7-13-21)16-17-23(24)27(30)32-22-14-8-3-9-15-22/h1-18H. The highest BCUT2D eigenvalue weighted by molar-refractivity contribution is 6.15. The molecule has 0 N–H and O–H groups in total. The Morgan fingerprint density at radius 1 is 0.469 bits per heavy atom. The van der Waals surface area contributed by atoms with Gasteiger partial charge in [0.1, 0.15) is 11.5 Å². The molecule has 0 fully saturated rings. The van der Waals surface area contributed by atoms with E-state index in [1.807, 2.05) is 0 Å². The van der Waals surface area contributed by atoms with Crippen molar-refractivity contribution in [1.29, 1.82) is 0 Å². The molecule has 0 bridgehead atoms. The molecular weight excluding hydrogens is 404 g/mol. The number of carbonyl (C=O) groups is 3. The van der Waals surface area contributed by atoms with Gasteiger partial charge in [-0.25, -0.2) is 9.59 Å². The van der Waals surface area contributed by atoms with Crippen molar-refractivity contribution in [3.8, 4) is 11.5 Å². The minimum atomic E-state index is -0.696. The first-order valence-electron chi connectivity index (χ1n) is 9.90. The molecule has 0 saturated carbocycles. The summed E-state index contributed by atoms with van der Waals surface area (Å²) < 4.78 is 10.8. The molecular formula is C27H18O5. The molecule has 5 nitrogen and oxygen atoms in total. The molecule has 0 saturated heterocycles. The van der Waals surface area contributed by atoms with E-state index in [1.165, 1.54) is 18.2 Å². The maximum atomic E-state index is 13.2. The average Bonchev–Trinajstić information content (AvgIpc) is 2.85. The van der Waals surface area contributed by atoms with Crippen molar-refractivity contribution in [2.45, 2.75) is 0 Å². The minimum absolute atomic E-state index is 0.0546. The van der Waals surface area contributed by atoms with Crippen molar-refractivity contribution >= 4 is 17.7 Å². The molecule has 0 spiro atoms. The van der Waals surface area contributed by atoms with Crippen LogP contribution in [0, 0.1) is 0 Å². The Morgan fingerprint density at radius 2 is 0.969 bits per heavy atom. The van der Waals surface area contributed by atoms with Crippen LogP contribution in [0.4, 0.5) is 0 Å². The first-order chi connectivity index (χ1) is 15.6. The summed E-state index contributed by atoms with van der Waals surface area (Å²) in [6, 6.07) is 29.9. The number of ketones is 1. The number of hydrogen-bond donors (Lipinski definition) is 0. The third-order valence-corrected chi connectivity index (χ3v) is 4.66. The number of rotatable bonds is 6. The Labute approximate surface area is 184 Å². The Kier molecular flexibility index (Phi) is 6.18. The monoisotopic (exact) mass is 422 g/mol. The maximum absolute atomic E-state index is 13.2. The van der Waals surface area contributed by atoms with Gasteiger partial charge >= 0.3 is 11.9 Å². The molecule has 0 heterocycles. The lowest BCUT2D eigenvalue weighted by molar-refractivity contribution is 0.0718. The van der Waals surface area contributed by atoms with Gasteiger partial charge in [0.15, 0.2) is 5.78 Å². The third kappa shape index (κ3) is 4.79. The topological polar surface area (TPSA) is 69.7 Å². The van der Waals surface area contributed by atoms with E-state index in [1.54, 1.807) is 91.0 Å². The SMILES string of the molecule is O=C(Oc1ccccc1)c1ccc(C(=O)Oc2ccccc2)c(C(=O)c2ccccc2)c1. The summed E-state index contributed by atoms with van der Waals surface area (Å²) in [7, 11) is 0. The van der Waals surface area contributed by atoms with Gasteiger partial charge in [-0.05, 0) is 42.5 Å². The Bertz CT molecular complexity index is 1250. The van der Waals surface area contributed by atoms with Crippen LogP contribution in [0.25, 0.3) is 0 Å². The molecule has 0 aliphatic carbocycles. The van der Waals surface area contributed by atoms with E-state index in [9.17, 15) is 14.4 Å². The Hall–Kier alpha value is -4.51. The molecule has 4 aromatic rings. The molecule has 4 rings (SSSR count). The fraction of sp³-hybridized carbons (Fsp3) is 0. The van der Waals surface area contributed by atoms with Gasteiger partial charge in [-0.2, -0.15) is 0 Å². The van der Waals surface area contributed by atoms with E-state index < -0.39 is 17.7 Å². The summed E-state index contributed by atoms with van der Waals surface area (Å²) in [5.74, 6) is -1.01. The van der Waals surface area contributed by atoms with Gasteiger partial charge in [0.05, 0.1) is 11.1 Å². The molecule has 0 aromatic heterocycles. The summed E-state index contributed by atoms with van der Waals surface area (Å²) >= 11 is 0. The number of benzene rings is 4. The lowest BCUT2D eigenvalue weighted by Crippen LogP contribution is -2.17. The van der Waals surface area contributed by atoms with Crippen LogP contribution in [0.15, 0.2) is 109 Å². The van der Waals surface area contributed by atoms with E-state index >= 15 is 0 Å². The molecule has 0 aliphatic heterocycles. The van der Waals surface area contributed by atoms with Gasteiger partial charge in [0.25, 0.3) is 0 Å². The maximum Gasteiger partial charge on any atom is 0.344 e. The van der Waals surface area contributed by atoms with E-state index in [4.69, 9.17) is 9.47 Å². The van der Waals surface area contributed by atoms with Crippen molar-refractivity contribution in [3.63, 3.8) is 0 Å². The molecule has 0 radical (unpaired) electrons. The lowest BCUT2D eigenvalue weighted by Gasteiger charge is -2.11. The van der Waals surface area contributed by atoms with Crippen LogP contribution in [-0.2, 0) is 0 Å². The Morgan fingerprint density at radius 3 is 1.53 bits per heavy atom. The molecule has 156 valence electrons. The summed E-state index contributed by atoms with van der Waals surface area (Å²) in [5, 5.41) is 0. The molecule has 0 aliphatic rings. The van der Waals surface area contributed by atoms with Gasteiger partial charge in [0.2, 0.25) is 0 Å². The van der Waals surface area contributed by atoms with E-state index in [0.717, 1.165) is 0 Å². The van der Waals surface area contributed by atoms with Gasteiger partial charge in [-0.15, -0.1) is 0 Å². The van der Waals surface area contributed by atoms with Crippen LogP contribution in [-0.4, -0.2) is 17.7 Å². The first-order valence-corrected chi connectivity index (χ1v) is 9.90. The van der Waals surface area contributed by atoms with Crippen molar-refractivity contribution in [3.05, 3.63) is 131 Å². The van der Waals surface area contributed by atoms with Crippen molar-refractivity contribution in [2.75, 3.05) is 0 Å². The fourth-order valence-electron chi connectivity index (χ4n) is 3.09. The molecule has 32 heavy (non-hydrogen) atoms. The summed E-state index contributed by atoms with van der Waals surface area (Å²) in [4.78, 5) is 38.7. The van der Waals surface area contributed by atoms with E-state index in [0.29, 0.717) is 17.1 Å². The van der Waals surface area contributed by atoms with Crippen LogP contribution in [0.3, 0.4) is 0 Å². The molecule has 4 aromatic carbocycles. The quantitative estimate of drug-likeness (QED) is 0.238. The molecule has 5 heteroatoms. The second kappa shape index (κ2) is 9.53. The van der Waals surface area contributed by atoms with Crippen molar-refractivity contribution in [2.24, 2.45) is 0 Å². The fourth-order valence-corrected chi connectivity index (χ4v) is 3.09. The van der Waals surface area contributed by atoms with Crippen LogP contribution in [0.1, 0.15) is 36.6 Å². The predicted molar refractivity (Wildman–Crippen MR) is 119 cm³/mol. The Balaban J connectivity index is 1.70. The normalized spacial score (nSPS) is 10.2. The number of ether oxygens (including phenoxy) is 2. The highest BCUT2D eigenvalue weighted by Gasteiger charge is 2.23. The number of carbonyl (C=O) groups excluding carboxylic acids is 3. The number of esters is 2.